The number of nitrogens with one attached hydrogen (secondary N) is 1. The molecule has 6 nitrogen and oxygen atoms in total. The first-order valence-corrected chi connectivity index (χ1v) is 5.27. The standard InChI is InChI=1S/C10H14N4O2/c1-8-7-11-5-6-13(8)10-9(14(15)16)3-2-4-12-10/h2-4,8,11H,5-7H2,1H3/t8-/m0/s1. The minimum absolute atomic E-state index is 0.0799. The molecular weight excluding hydrogens is 208 g/mol. The van der Waals surface area contributed by atoms with Crippen LogP contribution in [0.2, 0.25) is 0 Å². The molecule has 2 rings (SSSR count). The Morgan fingerprint density at radius 3 is 3.19 bits per heavy atom. The van der Waals surface area contributed by atoms with Crippen LogP contribution in [0.1, 0.15) is 6.92 Å². The molecule has 1 atom stereocenters. The number of anilines is 1. The molecule has 1 saturated heterocycles. The Morgan fingerprint density at radius 2 is 2.50 bits per heavy atom. The van der Waals surface area contributed by atoms with Crippen LogP contribution in [0.15, 0.2) is 18.3 Å². The Balaban J connectivity index is 2.34. The van der Waals surface area contributed by atoms with Gasteiger partial charge in [-0.25, -0.2) is 4.98 Å². The second-order valence-corrected chi connectivity index (χ2v) is 3.85. The van der Waals surface area contributed by atoms with Gasteiger partial charge >= 0.3 is 5.69 Å². The smallest absolute Gasteiger partial charge is 0.311 e. The lowest BCUT2D eigenvalue weighted by Gasteiger charge is -2.34. The highest BCUT2D eigenvalue weighted by molar-refractivity contribution is 5.58. The summed E-state index contributed by atoms with van der Waals surface area (Å²) in [5.74, 6) is 0.474. The zero-order chi connectivity index (χ0) is 11.5. The van der Waals surface area contributed by atoms with Gasteiger partial charge in [-0.1, -0.05) is 0 Å². The van der Waals surface area contributed by atoms with E-state index in [2.05, 4.69) is 10.3 Å². The van der Waals surface area contributed by atoms with Gasteiger partial charge in [-0.3, -0.25) is 10.1 Å². The van der Waals surface area contributed by atoms with Crippen LogP contribution in [0.5, 0.6) is 0 Å². The van der Waals surface area contributed by atoms with E-state index in [0.717, 1.165) is 19.6 Å². The van der Waals surface area contributed by atoms with Gasteiger partial charge in [-0.05, 0) is 13.0 Å². The molecule has 1 fully saturated rings. The first kappa shape index (κ1) is 10.8. The van der Waals surface area contributed by atoms with E-state index < -0.39 is 0 Å². The fourth-order valence-corrected chi connectivity index (χ4v) is 1.91. The van der Waals surface area contributed by atoms with Crippen LogP contribution < -0.4 is 10.2 Å². The molecule has 0 bridgehead atoms. The number of nitro groups is 1. The number of hydrogen-bond donors (Lipinski definition) is 1. The van der Waals surface area contributed by atoms with E-state index in [9.17, 15) is 10.1 Å². The summed E-state index contributed by atoms with van der Waals surface area (Å²) in [6.45, 7) is 4.44. The maximum absolute atomic E-state index is 10.9. The van der Waals surface area contributed by atoms with Crippen molar-refractivity contribution < 1.29 is 4.92 Å². The molecule has 1 aromatic heterocycles. The molecule has 1 aliphatic heterocycles. The highest BCUT2D eigenvalue weighted by atomic mass is 16.6. The van der Waals surface area contributed by atoms with Gasteiger partial charge in [0.15, 0.2) is 0 Å². The van der Waals surface area contributed by atoms with Crippen LogP contribution in [0.3, 0.4) is 0 Å². The van der Waals surface area contributed by atoms with Crippen molar-refractivity contribution in [2.75, 3.05) is 24.5 Å². The Bertz CT molecular complexity index is 396. The average molecular weight is 222 g/mol. The molecule has 0 unspecified atom stereocenters. The number of rotatable bonds is 2. The first-order valence-electron chi connectivity index (χ1n) is 5.27. The summed E-state index contributed by atoms with van der Waals surface area (Å²) in [4.78, 5) is 16.6. The zero-order valence-electron chi connectivity index (χ0n) is 9.09. The summed E-state index contributed by atoms with van der Waals surface area (Å²) in [7, 11) is 0. The summed E-state index contributed by atoms with van der Waals surface area (Å²) in [5.41, 5.74) is 0.0799. The minimum Gasteiger partial charge on any atom is -0.346 e. The summed E-state index contributed by atoms with van der Waals surface area (Å²) < 4.78 is 0. The van der Waals surface area contributed by atoms with E-state index in [-0.39, 0.29) is 16.7 Å². The van der Waals surface area contributed by atoms with Crippen molar-refractivity contribution in [2.45, 2.75) is 13.0 Å². The number of nitrogens with zero attached hydrogens (tertiary/aromatic N) is 3. The summed E-state index contributed by atoms with van der Waals surface area (Å²) in [5, 5.41) is 14.1. The molecule has 0 radical (unpaired) electrons. The molecule has 0 amide bonds. The van der Waals surface area contributed by atoms with E-state index in [1.807, 2.05) is 11.8 Å². The summed E-state index contributed by atoms with van der Waals surface area (Å²) in [6, 6.07) is 3.31. The lowest BCUT2D eigenvalue weighted by Crippen LogP contribution is -2.50. The maximum Gasteiger partial charge on any atom is 0.311 e. The van der Waals surface area contributed by atoms with Gasteiger partial charge in [0.1, 0.15) is 0 Å². The van der Waals surface area contributed by atoms with Gasteiger partial charge in [0.05, 0.1) is 4.92 Å². The molecule has 0 saturated carbocycles. The molecule has 16 heavy (non-hydrogen) atoms. The second kappa shape index (κ2) is 4.44. The zero-order valence-corrected chi connectivity index (χ0v) is 9.09. The van der Waals surface area contributed by atoms with Gasteiger partial charge in [0.25, 0.3) is 0 Å². The minimum atomic E-state index is -0.378. The quantitative estimate of drug-likeness (QED) is 0.591. The van der Waals surface area contributed by atoms with Crippen molar-refractivity contribution in [3.8, 4) is 0 Å². The monoisotopic (exact) mass is 222 g/mol. The van der Waals surface area contributed by atoms with E-state index in [1.54, 1.807) is 12.3 Å². The molecule has 0 aliphatic carbocycles. The highest BCUT2D eigenvalue weighted by Crippen LogP contribution is 2.26. The number of hydrogen-bond acceptors (Lipinski definition) is 5. The van der Waals surface area contributed by atoms with Gasteiger partial charge in [-0.15, -0.1) is 0 Å². The first-order chi connectivity index (χ1) is 7.70. The molecule has 1 aliphatic rings. The number of piperazine rings is 1. The van der Waals surface area contributed by atoms with Crippen LogP contribution >= 0.6 is 0 Å². The molecule has 6 heteroatoms. The van der Waals surface area contributed by atoms with Gasteiger partial charge < -0.3 is 10.2 Å². The molecule has 2 heterocycles. The van der Waals surface area contributed by atoms with E-state index in [0.29, 0.717) is 5.82 Å². The molecule has 1 aromatic rings. The van der Waals surface area contributed by atoms with Crippen molar-refractivity contribution in [3.05, 3.63) is 28.4 Å². The van der Waals surface area contributed by atoms with Crippen molar-refractivity contribution >= 4 is 11.5 Å². The van der Waals surface area contributed by atoms with E-state index in [4.69, 9.17) is 0 Å². The molecule has 0 aromatic carbocycles. The van der Waals surface area contributed by atoms with E-state index in [1.165, 1.54) is 6.07 Å². The predicted molar refractivity (Wildman–Crippen MR) is 60.6 cm³/mol. The fourth-order valence-electron chi connectivity index (χ4n) is 1.91. The highest BCUT2D eigenvalue weighted by Gasteiger charge is 2.26. The Kier molecular flexibility index (Phi) is 3.00. The number of pyridine rings is 1. The lowest BCUT2D eigenvalue weighted by molar-refractivity contribution is -0.384. The Morgan fingerprint density at radius 1 is 1.69 bits per heavy atom. The van der Waals surface area contributed by atoms with Gasteiger partial charge in [0, 0.05) is 37.9 Å². The third-order valence-electron chi connectivity index (χ3n) is 2.74. The van der Waals surface area contributed by atoms with Crippen LogP contribution in [-0.4, -0.2) is 35.6 Å². The maximum atomic E-state index is 10.9. The van der Waals surface area contributed by atoms with Crippen LogP contribution in [0.4, 0.5) is 11.5 Å². The SMILES string of the molecule is C[C@H]1CNCCN1c1ncccc1[N+](=O)[O-]. The Labute approximate surface area is 93.4 Å². The lowest BCUT2D eigenvalue weighted by atomic mass is 10.2. The van der Waals surface area contributed by atoms with Crippen LogP contribution in [0, 0.1) is 10.1 Å². The normalized spacial score (nSPS) is 20.8. The topological polar surface area (TPSA) is 71.3 Å². The van der Waals surface area contributed by atoms with Crippen molar-refractivity contribution in [1.82, 2.24) is 10.3 Å². The van der Waals surface area contributed by atoms with Crippen molar-refractivity contribution in [1.29, 1.82) is 0 Å². The van der Waals surface area contributed by atoms with Crippen LogP contribution in [0.25, 0.3) is 0 Å². The number of aromatic nitrogens is 1. The Hall–Kier alpha value is -1.69. The molecule has 86 valence electrons. The summed E-state index contributed by atoms with van der Waals surface area (Å²) in [6.07, 6.45) is 1.59. The van der Waals surface area contributed by atoms with Gasteiger partial charge in [-0.2, -0.15) is 0 Å². The molecule has 0 spiro atoms. The van der Waals surface area contributed by atoms with Gasteiger partial charge in [0.2, 0.25) is 5.82 Å². The largest absolute Gasteiger partial charge is 0.346 e. The van der Waals surface area contributed by atoms with E-state index >= 15 is 0 Å². The average Bonchev–Trinajstić information content (AvgIpc) is 2.29. The summed E-state index contributed by atoms with van der Waals surface area (Å²) >= 11 is 0. The predicted octanol–water partition coefficient (Wildman–Crippen LogP) is 0.788. The third kappa shape index (κ3) is 1.96. The molecule has 1 N–H and O–H groups in total. The second-order valence-electron chi connectivity index (χ2n) is 3.85. The van der Waals surface area contributed by atoms with Crippen LogP contribution in [-0.2, 0) is 0 Å². The molecular formula is C10H14N4O2. The van der Waals surface area contributed by atoms with Crippen molar-refractivity contribution in [2.24, 2.45) is 0 Å². The third-order valence-corrected chi connectivity index (χ3v) is 2.74. The fraction of sp³-hybridized carbons (Fsp3) is 0.500. The van der Waals surface area contributed by atoms with Crippen molar-refractivity contribution in [3.63, 3.8) is 0 Å².